The molecule has 0 aliphatic carbocycles. The molecular formula is C15H14BrF2N. The van der Waals surface area contributed by atoms with Crippen LogP contribution in [-0.4, -0.2) is 7.05 Å². The van der Waals surface area contributed by atoms with Crippen LogP contribution in [0.25, 0.3) is 0 Å². The maximum atomic E-state index is 14.1. The Bertz CT molecular complexity index is 599. The third-order valence-corrected chi connectivity index (χ3v) is 3.84. The van der Waals surface area contributed by atoms with Gasteiger partial charge in [-0.1, -0.05) is 46.3 Å². The quantitative estimate of drug-likeness (QED) is 0.884. The molecule has 19 heavy (non-hydrogen) atoms. The summed E-state index contributed by atoms with van der Waals surface area (Å²) < 4.78 is 28.6. The van der Waals surface area contributed by atoms with Crippen molar-refractivity contribution in [1.29, 1.82) is 0 Å². The third kappa shape index (κ3) is 2.69. The summed E-state index contributed by atoms with van der Waals surface area (Å²) in [6.45, 7) is 1.55. The number of nitrogens with one attached hydrogen (secondary N) is 1. The second-order valence-electron chi connectivity index (χ2n) is 4.34. The lowest BCUT2D eigenvalue weighted by molar-refractivity contribution is 0.482. The lowest BCUT2D eigenvalue weighted by Crippen LogP contribution is -2.20. The van der Waals surface area contributed by atoms with E-state index in [2.05, 4.69) is 21.2 Å². The van der Waals surface area contributed by atoms with Crippen molar-refractivity contribution in [3.63, 3.8) is 0 Å². The molecule has 0 radical (unpaired) electrons. The van der Waals surface area contributed by atoms with Crippen LogP contribution in [0.15, 0.2) is 40.9 Å². The summed E-state index contributed by atoms with van der Waals surface area (Å²) in [5.41, 5.74) is 1.48. The normalized spacial score (nSPS) is 12.5. The van der Waals surface area contributed by atoms with Gasteiger partial charge in [0.25, 0.3) is 0 Å². The van der Waals surface area contributed by atoms with Crippen LogP contribution in [0.5, 0.6) is 0 Å². The van der Waals surface area contributed by atoms with Crippen molar-refractivity contribution in [2.24, 2.45) is 0 Å². The van der Waals surface area contributed by atoms with Crippen molar-refractivity contribution in [2.75, 3.05) is 7.05 Å². The fraction of sp³-hybridized carbons (Fsp3) is 0.200. The zero-order valence-electron chi connectivity index (χ0n) is 10.7. The average molecular weight is 326 g/mol. The summed E-state index contributed by atoms with van der Waals surface area (Å²) in [6.07, 6.45) is 0. The Morgan fingerprint density at radius 3 is 2.32 bits per heavy atom. The average Bonchev–Trinajstić information content (AvgIpc) is 2.41. The van der Waals surface area contributed by atoms with Crippen LogP contribution in [0, 0.1) is 18.6 Å². The number of rotatable bonds is 3. The fourth-order valence-corrected chi connectivity index (χ4v) is 2.59. The predicted molar refractivity (Wildman–Crippen MR) is 76.1 cm³/mol. The van der Waals surface area contributed by atoms with Crippen LogP contribution in [0.1, 0.15) is 22.7 Å². The summed E-state index contributed by atoms with van der Waals surface area (Å²) in [4.78, 5) is 0. The number of hydrogen-bond donors (Lipinski definition) is 1. The van der Waals surface area contributed by atoms with E-state index in [0.717, 1.165) is 10.0 Å². The summed E-state index contributed by atoms with van der Waals surface area (Å²) in [6, 6.07) is 10.3. The van der Waals surface area contributed by atoms with Gasteiger partial charge in [0.1, 0.15) is 0 Å². The van der Waals surface area contributed by atoms with E-state index in [0.29, 0.717) is 11.1 Å². The highest BCUT2D eigenvalue weighted by molar-refractivity contribution is 9.10. The molecule has 0 aliphatic heterocycles. The van der Waals surface area contributed by atoms with Crippen molar-refractivity contribution >= 4 is 15.9 Å². The van der Waals surface area contributed by atoms with Gasteiger partial charge in [0, 0.05) is 10.0 Å². The maximum Gasteiger partial charge on any atom is 0.164 e. The molecule has 0 saturated heterocycles. The van der Waals surface area contributed by atoms with Gasteiger partial charge < -0.3 is 5.32 Å². The summed E-state index contributed by atoms with van der Waals surface area (Å²) in [5, 5.41) is 3.03. The molecule has 2 aromatic carbocycles. The Labute approximate surface area is 119 Å². The van der Waals surface area contributed by atoms with Crippen molar-refractivity contribution < 1.29 is 8.78 Å². The van der Waals surface area contributed by atoms with E-state index in [4.69, 9.17) is 0 Å². The SMILES string of the molecule is CNC(c1ccccc1Br)c1ccc(C)c(F)c1F. The molecule has 0 aromatic heterocycles. The number of aryl methyl sites for hydroxylation is 1. The number of hydrogen-bond acceptors (Lipinski definition) is 1. The second kappa shape index (κ2) is 5.80. The minimum atomic E-state index is -0.796. The maximum absolute atomic E-state index is 14.1. The van der Waals surface area contributed by atoms with E-state index in [1.165, 1.54) is 0 Å². The van der Waals surface area contributed by atoms with Gasteiger partial charge in [0.2, 0.25) is 0 Å². The monoisotopic (exact) mass is 325 g/mol. The molecule has 0 amide bonds. The highest BCUT2D eigenvalue weighted by Gasteiger charge is 2.21. The number of halogens is 3. The molecule has 4 heteroatoms. The molecule has 100 valence electrons. The molecular weight excluding hydrogens is 312 g/mol. The lowest BCUT2D eigenvalue weighted by atomic mass is 9.97. The molecule has 1 unspecified atom stereocenters. The van der Waals surface area contributed by atoms with E-state index in [1.54, 1.807) is 26.1 Å². The van der Waals surface area contributed by atoms with Gasteiger partial charge in [-0.25, -0.2) is 8.78 Å². The van der Waals surface area contributed by atoms with Crippen LogP contribution in [0.3, 0.4) is 0 Å². The Morgan fingerprint density at radius 2 is 1.68 bits per heavy atom. The summed E-state index contributed by atoms with van der Waals surface area (Å²) in [7, 11) is 1.72. The summed E-state index contributed by atoms with van der Waals surface area (Å²) >= 11 is 3.44. The zero-order chi connectivity index (χ0) is 14.0. The topological polar surface area (TPSA) is 12.0 Å². The van der Waals surface area contributed by atoms with Gasteiger partial charge in [-0.15, -0.1) is 0 Å². The van der Waals surface area contributed by atoms with Crippen LogP contribution in [0.2, 0.25) is 0 Å². The Hall–Kier alpha value is -1.26. The zero-order valence-corrected chi connectivity index (χ0v) is 12.3. The first-order chi connectivity index (χ1) is 9.06. The Morgan fingerprint density at radius 1 is 1.00 bits per heavy atom. The van der Waals surface area contributed by atoms with Crippen molar-refractivity contribution in [2.45, 2.75) is 13.0 Å². The molecule has 1 nitrogen and oxygen atoms in total. The van der Waals surface area contributed by atoms with E-state index in [-0.39, 0.29) is 0 Å². The van der Waals surface area contributed by atoms with Gasteiger partial charge in [-0.05, 0) is 31.2 Å². The van der Waals surface area contributed by atoms with E-state index >= 15 is 0 Å². The molecule has 0 spiro atoms. The third-order valence-electron chi connectivity index (χ3n) is 3.12. The van der Waals surface area contributed by atoms with Gasteiger partial charge in [0.15, 0.2) is 11.6 Å². The minimum absolute atomic E-state index is 0.303. The van der Waals surface area contributed by atoms with Crippen LogP contribution in [-0.2, 0) is 0 Å². The Balaban J connectivity index is 2.55. The highest BCUT2D eigenvalue weighted by Crippen LogP contribution is 2.31. The predicted octanol–water partition coefficient (Wildman–Crippen LogP) is 4.34. The van der Waals surface area contributed by atoms with Crippen LogP contribution >= 0.6 is 15.9 Å². The van der Waals surface area contributed by atoms with Gasteiger partial charge in [-0.3, -0.25) is 0 Å². The second-order valence-corrected chi connectivity index (χ2v) is 5.20. The van der Waals surface area contributed by atoms with Gasteiger partial charge >= 0.3 is 0 Å². The molecule has 2 aromatic rings. The minimum Gasteiger partial charge on any atom is -0.309 e. The highest BCUT2D eigenvalue weighted by atomic mass is 79.9. The molecule has 0 aliphatic rings. The lowest BCUT2D eigenvalue weighted by Gasteiger charge is -2.20. The molecule has 1 N–H and O–H groups in total. The fourth-order valence-electron chi connectivity index (χ4n) is 2.07. The smallest absolute Gasteiger partial charge is 0.164 e. The van der Waals surface area contributed by atoms with Crippen LogP contribution < -0.4 is 5.32 Å². The van der Waals surface area contributed by atoms with Gasteiger partial charge in [-0.2, -0.15) is 0 Å². The van der Waals surface area contributed by atoms with E-state index in [1.807, 2.05) is 24.3 Å². The number of benzene rings is 2. The van der Waals surface area contributed by atoms with Gasteiger partial charge in [0.05, 0.1) is 6.04 Å². The standard InChI is InChI=1S/C15H14BrF2N/c1-9-7-8-11(14(18)13(9)17)15(19-2)10-5-3-4-6-12(10)16/h3-8,15,19H,1-2H3. The van der Waals surface area contributed by atoms with E-state index in [9.17, 15) is 8.78 Å². The van der Waals surface area contributed by atoms with Crippen LogP contribution in [0.4, 0.5) is 8.78 Å². The molecule has 1 atom stereocenters. The van der Waals surface area contributed by atoms with E-state index < -0.39 is 17.7 Å². The van der Waals surface area contributed by atoms with Crippen molar-refractivity contribution in [3.8, 4) is 0 Å². The molecule has 0 heterocycles. The largest absolute Gasteiger partial charge is 0.309 e. The Kier molecular flexibility index (Phi) is 4.32. The molecule has 2 rings (SSSR count). The van der Waals surface area contributed by atoms with Crippen molar-refractivity contribution in [3.05, 3.63) is 69.2 Å². The first-order valence-electron chi connectivity index (χ1n) is 5.92. The first-order valence-corrected chi connectivity index (χ1v) is 6.71. The first kappa shape index (κ1) is 14.2. The van der Waals surface area contributed by atoms with Crippen molar-refractivity contribution in [1.82, 2.24) is 5.32 Å². The molecule has 0 saturated carbocycles. The summed E-state index contributed by atoms with van der Waals surface area (Å²) in [5.74, 6) is -1.58. The molecule has 0 fully saturated rings. The molecule has 0 bridgehead atoms.